The van der Waals surface area contributed by atoms with E-state index in [0.717, 1.165) is 12.1 Å². The van der Waals surface area contributed by atoms with Crippen molar-refractivity contribution in [3.63, 3.8) is 0 Å². The minimum Gasteiger partial charge on any atom is -0.480 e. The molecule has 0 aliphatic carbocycles. The molecular formula is C36H42N2O2S. The Hall–Kier alpha value is -3.41. The summed E-state index contributed by atoms with van der Waals surface area (Å²) in [6, 6.07) is 28.4. The van der Waals surface area contributed by atoms with E-state index in [1.165, 1.54) is 51.2 Å². The maximum absolute atomic E-state index is 12.1. The van der Waals surface area contributed by atoms with E-state index < -0.39 is 12.0 Å². The molecule has 2 heterocycles. The Morgan fingerprint density at radius 2 is 1.63 bits per heavy atom. The van der Waals surface area contributed by atoms with E-state index in [4.69, 9.17) is 0 Å². The summed E-state index contributed by atoms with van der Waals surface area (Å²) in [6.07, 6.45) is 2.91. The smallest absolute Gasteiger partial charge is 0.321 e. The van der Waals surface area contributed by atoms with Crippen molar-refractivity contribution in [3.05, 3.63) is 111 Å². The lowest BCUT2D eigenvalue weighted by molar-refractivity contribution is -0.144. The molecule has 1 aliphatic heterocycles. The lowest BCUT2D eigenvalue weighted by atomic mass is 9.94. The lowest BCUT2D eigenvalue weighted by Gasteiger charge is -2.34. The average molecular weight is 567 g/mol. The van der Waals surface area contributed by atoms with Crippen LogP contribution in [0, 0.1) is 0 Å². The summed E-state index contributed by atoms with van der Waals surface area (Å²) in [5, 5.41) is 12.1. The van der Waals surface area contributed by atoms with E-state index in [0.29, 0.717) is 31.5 Å². The summed E-state index contributed by atoms with van der Waals surface area (Å²) < 4.78 is 0. The number of rotatable bonds is 11. The summed E-state index contributed by atoms with van der Waals surface area (Å²) >= 11 is 1.71. The molecule has 1 unspecified atom stereocenters. The quantitative estimate of drug-likeness (QED) is 0.197. The molecule has 5 heteroatoms. The van der Waals surface area contributed by atoms with Crippen molar-refractivity contribution in [2.75, 3.05) is 4.90 Å². The monoisotopic (exact) mass is 566 g/mol. The first-order chi connectivity index (χ1) is 19.9. The minimum absolute atomic E-state index is 0.393. The average Bonchev–Trinajstić information content (AvgIpc) is 3.45. The molecule has 4 nitrogen and oxygen atoms in total. The highest BCUT2D eigenvalue weighted by Gasteiger charge is 2.31. The molecule has 0 radical (unpaired) electrons. The van der Waals surface area contributed by atoms with Crippen LogP contribution in [0.1, 0.15) is 73.6 Å². The predicted molar refractivity (Wildman–Crippen MR) is 172 cm³/mol. The van der Waals surface area contributed by atoms with Crippen molar-refractivity contribution in [3.8, 4) is 11.1 Å². The van der Waals surface area contributed by atoms with Crippen LogP contribution in [0.4, 0.5) is 5.69 Å². The van der Waals surface area contributed by atoms with Crippen LogP contribution in [0.3, 0.4) is 0 Å². The highest BCUT2D eigenvalue weighted by atomic mass is 32.1. The molecule has 214 valence electrons. The van der Waals surface area contributed by atoms with Gasteiger partial charge in [0.15, 0.2) is 0 Å². The van der Waals surface area contributed by atoms with Crippen LogP contribution in [-0.4, -0.2) is 28.1 Å². The van der Waals surface area contributed by atoms with Gasteiger partial charge < -0.3 is 10.0 Å². The van der Waals surface area contributed by atoms with Crippen LogP contribution in [0.25, 0.3) is 11.1 Å². The summed E-state index contributed by atoms with van der Waals surface area (Å²) in [6.45, 7) is 11.2. The molecule has 3 aromatic carbocycles. The van der Waals surface area contributed by atoms with Gasteiger partial charge >= 0.3 is 5.97 Å². The molecule has 0 amide bonds. The molecule has 0 bridgehead atoms. The van der Waals surface area contributed by atoms with Crippen LogP contribution in [0.5, 0.6) is 0 Å². The second-order valence-corrected chi connectivity index (χ2v) is 12.6. The molecule has 1 atom stereocenters. The molecule has 0 fully saturated rings. The number of anilines is 1. The molecule has 1 aliphatic rings. The number of nitrogens with zero attached hydrogens (tertiary/aromatic N) is 2. The second kappa shape index (κ2) is 13.1. The Kier molecular flexibility index (Phi) is 9.26. The third-order valence-corrected chi connectivity index (χ3v) is 9.51. The highest BCUT2D eigenvalue weighted by Crippen LogP contribution is 2.31. The third-order valence-electron chi connectivity index (χ3n) is 8.59. The van der Waals surface area contributed by atoms with E-state index in [1.54, 1.807) is 11.3 Å². The lowest BCUT2D eigenvalue weighted by Crippen LogP contribution is -2.44. The maximum Gasteiger partial charge on any atom is 0.321 e. The molecule has 0 saturated carbocycles. The maximum atomic E-state index is 12.1. The first kappa shape index (κ1) is 29.1. The van der Waals surface area contributed by atoms with Crippen molar-refractivity contribution >= 4 is 23.0 Å². The fraction of sp³-hybridized carbons (Fsp3) is 0.361. The van der Waals surface area contributed by atoms with Crippen molar-refractivity contribution in [1.29, 1.82) is 0 Å². The number of fused-ring (bicyclic) bond motifs is 1. The summed E-state index contributed by atoms with van der Waals surface area (Å²) in [5.74, 6) is -0.110. The third kappa shape index (κ3) is 6.74. The van der Waals surface area contributed by atoms with Crippen molar-refractivity contribution in [2.24, 2.45) is 0 Å². The number of hydrogen-bond donors (Lipinski definition) is 1. The number of benzene rings is 3. The van der Waals surface area contributed by atoms with E-state index >= 15 is 0 Å². The van der Waals surface area contributed by atoms with Crippen molar-refractivity contribution in [1.82, 2.24) is 4.90 Å². The van der Waals surface area contributed by atoms with Crippen LogP contribution in [-0.2, 0) is 30.8 Å². The van der Waals surface area contributed by atoms with E-state index in [9.17, 15) is 9.90 Å². The largest absolute Gasteiger partial charge is 0.480 e. The Morgan fingerprint density at radius 1 is 0.951 bits per heavy atom. The van der Waals surface area contributed by atoms with Gasteiger partial charge in [-0.05, 0) is 96.0 Å². The van der Waals surface area contributed by atoms with Crippen molar-refractivity contribution in [2.45, 2.75) is 84.6 Å². The number of aliphatic carboxylic acids is 1. The SMILES string of the molecule is CCC(CC)c1ccc(N(Cc2ccc(-c3csc(CN4Cc5ccccc5CC4C(=O)O)c3)cc2)C(C)C)cc1. The molecule has 1 aromatic heterocycles. The van der Waals surface area contributed by atoms with Crippen LogP contribution in [0.15, 0.2) is 84.2 Å². The van der Waals surface area contributed by atoms with Crippen LogP contribution >= 0.6 is 11.3 Å². The highest BCUT2D eigenvalue weighted by molar-refractivity contribution is 7.10. The Balaban J connectivity index is 1.26. The Bertz CT molecular complexity index is 1440. The summed E-state index contributed by atoms with van der Waals surface area (Å²) in [4.78, 5) is 17.8. The number of carboxylic acids is 1. The van der Waals surface area contributed by atoms with Crippen LogP contribution in [0.2, 0.25) is 0 Å². The summed E-state index contributed by atoms with van der Waals surface area (Å²) in [7, 11) is 0. The van der Waals surface area contributed by atoms with E-state index in [1.807, 2.05) is 12.1 Å². The molecule has 4 aromatic rings. The first-order valence-corrected chi connectivity index (χ1v) is 15.8. The van der Waals surface area contributed by atoms with Gasteiger partial charge in [-0.3, -0.25) is 9.69 Å². The summed E-state index contributed by atoms with van der Waals surface area (Å²) in [5.41, 5.74) is 8.76. The zero-order valence-electron chi connectivity index (χ0n) is 24.7. The Morgan fingerprint density at radius 3 is 2.27 bits per heavy atom. The van der Waals surface area contributed by atoms with Gasteiger partial charge in [-0.1, -0.05) is 74.5 Å². The van der Waals surface area contributed by atoms with Gasteiger partial charge in [0.2, 0.25) is 0 Å². The molecule has 41 heavy (non-hydrogen) atoms. The van der Waals surface area contributed by atoms with Gasteiger partial charge in [-0.25, -0.2) is 0 Å². The van der Waals surface area contributed by atoms with Gasteiger partial charge in [-0.15, -0.1) is 11.3 Å². The number of thiophene rings is 1. The minimum atomic E-state index is -0.746. The molecule has 5 rings (SSSR count). The van der Waals surface area contributed by atoms with Gasteiger partial charge in [0.1, 0.15) is 6.04 Å². The van der Waals surface area contributed by atoms with E-state index in [2.05, 4.69) is 110 Å². The zero-order valence-corrected chi connectivity index (χ0v) is 25.5. The van der Waals surface area contributed by atoms with Gasteiger partial charge in [0.25, 0.3) is 0 Å². The number of carbonyl (C=O) groups is 1. The molecule has 0 spiro atoms. The predicted octanol–water partition coefficient (Wildman–Crippen LogP) is 8.75. The van der Waals surface area contributed by atoms with Gasteiger partial charge in [0, 0.05) is 36.2 Å². The topological polar surface area (TPSA) is 43.8 Å². The second-order valence-electron chi connectivity index (χ2n) is 11.6. The van der Waals surface area contributed by atoms with Crippen LogP contribution < -0.4 is 4.90 Å². The molecule has 0 saturated heterocycles. The van der Waals surface area contributed by atoms with Gasteiger partial charge in [-0.2, -0.15) is 0 Å². The van der Waals surface area contributed by atoms with Crippen molar-refractivity contribution < 1.29 is 9.90 Å². The molecule has 1 N–H and O–H groups in total. The number of hydrogen-bond acceptors (Lipinski definition) is 4. The normalized spacial score (nSPS) is 15.3. The molecular weight excluding hydrogens is 524 g/mol. The Labute approximate surface area is 249 Å². The standard InChI is InChI=1S/C36H42N2O2S/c1-5-27(6-2)28-15-17-33(18-16-28)38(25(3)4)21-26-11-13-29(14-12-26)32-19-34(41-24-32)23-37-22-31-10-8-7-9-30(31)20-35(37)36(39)40/h7-19,24-25,27,35H,5-6,20-23H2,1-4H3,(H,39,40). The zero-order chi connectivity index (χ0) is 28.9. The fourth-order valence-corrected chi connectivity index (χ4v) is 6.99. The van der Waals surface area contributed by atoms with E-state index in [-0.39, 0.29) is 0 Å². The fourth-order valence-electron chi connectivity index (χ4n) is 6.07. The van der Waals surface area contributed by atoms with Gasteiger partial charge in [0.05, 0.1) is 0 Å². The first-order valence-electron chi connectivity index (χ1n) is 14.9. The number of carboxylic acid groups (broad SMARTS) is 1.